The summed E-state index contributed by atoms with van der Waals surface area (Å²) < 4.78 is 0. The second kappa shape index (κ2) is 16.7. The Labute approximate surface area is 231 Å². The number of hydrogen-bond donors (Lipinski definition) is 0. The fraction of sp³-hybridized carbons (Fsp3) is 0.188. The molecule has 0 aliphatic carbocycles. The van der Waals surface area contributed by atoms with Gasteiger partial charge in [0.05, 0.1) is 18.2 Å². The van der Waals surface area contributed by atoms with Gasteiger partial charge in [0.2, 0.25) is 0 Å². The highest BCUT2D eigenvalue weighted by Crippen LogP contribution is 2.40. The SMILES string of the molecule is CC.CC.[C-]#[N+]C([N+]#[C-])=C(/C(=C(/C#N)[N+]#[C-])c1ccccc1)c1ccc(/C=C/c2ccc(N(C)C)cc2)s1. The van der Waals surface area contributed by atoms with Crippen molar-refractivity contribution < 1.29 is 0 Å². The first kappa shape index (κ1) is 31.2. The van der Waals surface area contributed by atoms with Crippen LogP contribution in [0, 0.1) is 31.0 Å². The number of allylic oxidation sites excluding steroid dienone is 3. The van der Waals surface area contributed by atoms with Gasteiger partial charge in [-0.2, -0.15) is 9.69 Å². The van der Waals surface area contributed by atoms with Crippen molar-refractivity contribution in [2.24, 2.45) is 0 Å². The molecule has 0 N–H and O–H groups in total. The summed E-state index contributed by atoms with van der Waals surface area (Å²) in [5.74, 6) is -0.174. The fourth-order valence-electron chi connectivity index (χ4n) is 3.26. The first-order valence-electron chi connectivity index (χ1n) is 12.1. The number of anilines is 1. The highest BCUT2D eigenvalue weighted by atomic mass is 32.1. The van der Waals surface area contributed by atoms with E-state index in [1.807, 2.05) is 107 Å². The van der Waals surface area contributed by atoms with Gasteiger partial charge in [-0.15, -0.1) is 11.3 Å². The van der Waals surface area contributed by atoms with Crippen molar-refractivity contribution in [3.05, 3.63) is 133 Å². The van der Waals surface area contributed by atoms with Crippen LogP contribution in [0.15, 0.2) is 78.2 Å². The third-order valence-electron chi connectivity index (χ3n) is 4.93. The fourth-order valence-corrected chi connectivity index (χ4v) is 4.22. The van der Waals surface area contributed by atoms with Crippen molar-refractivity contribution in [3.63, 3.8) is 0 Å². The van der Waals surface area contributed by atoms with E-state index in [1.165, 1.54) is 11.3 Å². The van der Waals surface area contributed by atoms with E-state index < -0.39 is 0 Å². The maximum atomic E-state index is 9.64. The van der Waals surface area contributed by atoms with E-state index in [-0.39, 0.29) is 11.5 Å². The zero-order valence-electron chi connectivity index (χ0n) is 22.6. The van der Waals surface area contributed by atoms with Crippen LogP contribution in [0.2, 0.25) is 0 Å². The van der Waals surface area contributed by atoms with Crippen LogP contribution >= 0.6 is 11.3 Å². The molecular formula is C32H31N5S. The average molecular weight is 518 g/mol. The molecule has 0 aliphatic heterocycles. The maximum absolute atomic E-state index is 9.64. The average Bonchev–Trinajstić information content (AvgIpc) is 3.45. The molecule has 0 atom stereocenters. The summed E-state index contributed by atoms with van der Waals surface area (Å²) in [4.78, 5) is 13.9. The van der Waals surface area contributed by atoms with Gasteiger partial charge in [-0.05, 0) is 41.5 Å². The van der Waals surface area contributed by atoms with Crippen LogP contribution in [0.25, 0.3) is 37.8 Å². The van der Waals surface area contributed by atoms with Crippen LogP contribution in [0.1, 0.15) is 48.6 Å². The van der Waals surface area contributed by atoms with Gasteiger partial charge in [-0.1, -0.05) is 76.2 Å². The summed E-state index contributed by atoms with van der Waals surface area (Å²) in [5, 5.41) is 9.64. The normalized spacial score (nSPS) is 10.1. The van der Waals surface area contributed by atoms with Crippen LogP contribution in [-0.2, 0) is 0 Å². The lowest BCUT2D eigenvalue weighted by atomic mass is 9.94. The monoisotopic (exact) mass is 517 g/mol. The Morgan fingerprint density at radius 1 is 0.789 bits per heavy atom. The number of thiophene rings is 1. The molecule has 2 aromatic carbocycles. The van der Waals surface area contributed by atoms with Gasteiger partial charge in [-0.25, -0.2) is 10.1 Å². The molecule has 190 valence electrons. The highest BCUT2D eigenvalue weighted by Gasteiger charge is 2.26. The molecule has 0 fully saturated rings. The molecule has 0 amide bonds. The number of nitriles is 1. The predicted molar refractivity (Wildman–Crippen MR) is 162 cm³/mol. The van der Waals surface area contributed by atoms with Gasteiger partial charge in [0, 0.05) is 35.1 Å². The Morgan fingerprint density at radius 2 is 1.39 bits per heavy atom. The van der Waals surface area contributed by atoms with Crippen molar-refractivity contribution in [1.29, 1.82) is 5.26 Å². The molecule has 1 aromatic heterocycles. The zero-order valence-corrected chi connectivity index (χ0v) is 23.5. The summed E-state index contributed by atoms with van der Waals surface area (Å²) in [5.41, 5.74) is 3.23. The van der Waals surface area contributed by atoms with Crippen molar-refractivity contribution in [2.75, 3.05) is 19.0 Å². The lowest BCUT2D eigenvalue weighted by molar-refractivity contribution is 1.13. The van der Waals surface area contributed by atoms with E-state index in [1.54, 1.807) is 24.3 Å². The molecule has 3 aromatic rings. The van der Waals surface area contributed by atoms with Gasteiger partial charge in [0.1, 0.15) is 13.1 Å². The highest BCUT2D eigenvalue weighted by molar-refractivity contribution is 7.14. The van der Waals surface area contributed by atoms with E-state index in [0.29, 0.717) is 21.6 Å². The Balaban J connectivity index is 0.00000172. The van der Waals surface area contributed by atoms with Crippen molar-refractivity contribution >= 4 is 40.3 Å². The minimum atomic E-state index is -0.174. The van der Waals surface area contributed by atoms with Gasteiger partial charge in [-0.3, -0.25) is 0 Å². The quantitative estimate of drug-likeness (QED) is 0.186. The molecular weight excluding hydrogens is 486 g/mol. The predicted octanol–water partition coefficient (Wildman–Crippen LogP) is 9.40. The Hall–Kier alpha value is -4.88. The van der Waals surface area contributed by atoms with Crippen molar-refractivity contribution in [2.45, 2.75) is 27.7 Å². The molecule has 1 heterocycles. The van der Waals surface area contributed by atoms with E-state index in [9.17, 15) is 5.26 Å². The molecule has 5 nitrogen and oxygen atoms in total. The van der Waals surface area contributed by atoms with Gasteiger partial charge in [0.25, 0.3) is 5.70 Å². The molecule has 0 saturated carbocycles. The number of benzene rings is 2. The molecule has 0 unspecified atom stereocenters. The van der Waals surface area contributed by atoms with Crippen LogP contribution in [0.3, 0.4) is 0 Å². The van der Waals surface area contributed by atoms with E-state index in [4.69, 9.17) is 19.7 Å². The summed E-state index contributed by atoms with van der Waals surface area (Å²) in [6.07, 6.45) is 3.97. The molecule has 0 bridgehead atoms. The first-order valence-corrected chi connectivity index (χ1v) is 13.0. The van der Waals surface area contributed by atoms with Crippen molar-refractivity contribution in [3.8, 4) is 6.07 Å². The largest absolute Gasteiger partial charge is 0.527 e. The van der Waals surface area contributed by atoms with Gasteiger partial charge < -0.3 is 4.90 Å². The Kier molecular flexibility index (Phi) is 13.7. The Bertz CT molecular complexity index is 1410. The third kappa shape index (κ3) is 8.08. The van der Waals surface area contributed by atoms with E-state index in [0.717, 1.165) is 16.1 Å². The summed E-state index contributed by atoms with van der Waals surface area (Å²) >= 11 is 1.40. The first-order chi connectivity index (χ1) is 18.5. The van der Waals surface area contributed by atoms with Crippen LogP contribution in [-0.4, -0.2) is 14.1 Å². The maximum Gasteiger partial charge on any atom is 0.527 e. The minimum absolute atomic E-state index is 0.155. The number of hydrogen-bond acceptors (Lipinski definition) is 3. The molecule has 0 spiro atoms. The number of rotatable bonds is 6. The number of nitrogens with zero attached hydrogens (tertiary/aromatic N) is 5. The second-order valence-corrected chi connectivity index (χ2v) is 8.37. The molecule has 0 aliphatic rings. The summed E-state index contributed by atoms with van der Waals surface area (Å²) in [6.45, 7) is 30.6. The van der Waals surface area contributed by atoms with Gasteiger partial charge >= 0.3 is 5.82 Å². The second-order valence-electron chi connectivity index (χ2n) is 7.26. The van der Waals surface area contributed by atoms with Crippen LogP contribution in [0.5, 0.6) is 0 Å². The molecule has 3 rings (SSSR count). The van der Waals surface area contributed by atoms with Crippen LogP contribution < -0.4 is 4.90 Å². The smallest absolute Gasteiger partial charge is 0.378 e. The molecule has 6 heteroatoms. The van der Waals surface area contributed by atoms with Crippen LogP contribution in [0.4, 0.5) is 5.69 Å². The summed E-state index contributed by atoms with van der Waals surface area (Å²) in [6, 6.07) is 22.8. The molecule has 0 radical (unpaired) electrons. The molecule has 0 saturated heterocycles. The van der Waals surface area contributed by atoms with Gasteiger partial charge in [0.15, 0.2) is 0 Å². The third-order valence-corrected chi connectivity index (χ3v) is 5.99. The van der Waals surface area contributed by atoms with E-state index in [2.05, 4.69) is 14.5 Å². The minimum Gasteiger partial charge on any atom is -0.378 e. The summed E-state index contributed by atoms with van der Waals surface area (Å²) in [7, 11) is 3.99. The molecule has 38 heavy (non-hydrogen) atoms. The van der Waals surface area contributed by atoms with Crippen molar-refractivity contribution in [1.82, 2.24) is 0 Å². The Morgan fingerprint density at radius 3 is 1.89 bits per heavy atom. The lowest BCUT2D eigenvalue weighted by Gasteiger charge is -2.11. The lowest BCUT2D eigenvalue weighted by Crippen LogP contribution is -2.07. The standard InChI is InChI=1S/C28H19N5S.2C2H6/c1-30-24(19-29)26(21-9-7-6-8-10-21)27(28(31-2)32-3)25-18-17-23(34-25)16-13-20-11-14-22(15-12-20)33(4)5;2*1-2/h6-18H,4-5H3;2*1-2H3/b16-13+,26-24-;;. The zero-order chi connectivity index (χ0) is 28.5. The topological polar surface area (TPSA) is 40.1 Å². The van der Waals surface area contributed by atoms with E-state index >= 15 is 0 Å².